The number of alkyl halides is 4. The first kappa shape index (κ1) is 16.5. The highest BCUT2D eigenvalue weighted by Crippen LogP contribution is 2.39. The van der Waals surface area contributed by atoms with E-state index in [1.807, 2.05) is 11.8 Å². The summed E-state index contributed by atoms with van der Waals surface area (Å²) in [5, 5.41) is 0. The number of hydrogen-bond acceptors (Lipinski definition) is 1. The molecule has 1 atom stereocenters. The summed E-state index contributed by atoms with van der Waals surface area (Å²) in [4.78, 5) is 1.95. The average Bonchev–Trinajstić information content (AvgIpc) is 2.70. The Morgan fingerprint density at radius 3 is 2.62 bits per heavy atom. The number of rotatable bonds is 3. The van der Waals surface area contributed by atoms with Crippen molar-refractivity contribution in [2.24, 2.45) is 0 Å². The molecule has 5 heteroatoms. The van der Waals surface area contributed by atoms with E-state index in [9.17, 15) is 13.2 Å². The maximum Gasteiger partial charge on any atom is 0.418 e. The van der Waals surface area contributed by atoms with Crippen LogP contribution in [0.15, 0.2) is 18.2 Å². The zero-order chi connectivity index (χ0) is 15.5. The number of nitrogens with zero attached hydrogens (tertiary/aromatic N) is 1. The standard InChI is InChI=1S/C16H21ClF3N/c1-2-13-6-4-3-5-9-21(13)15-8-7-12(11-17)10-14(15)16(18,19)20/h7-8,10,13H,2-6,9,11H2,1H3. The molecule has 1 unspecified atom stereocenters. The highest BCUT2D eigenvalue weighted by molar-refractivity contribution is 6.17. The van der Waals surface area contributed by atoms with Gasteiger partial charge in [-0.05, 0) is 37.0 Å². The van der Waals surface area contributed by atoms with Crippen molar-refractivity contribution in [3.05, 3.63) is 29.3 Å². The molecule has 1 nitrogen and oxygen atoms in total. The van der Waals surface area contributed by atoms with Crippen LogP contribution in [0.5, 0.6) is 0 Å². The second kappa shape index (κ2) is 6.91. The molecule has 0 aromatic heterocycles. The highest BCUT2D eigenvalue weighted by atomic mass is 35.5. The van der Waals surface area contributed by atoms with Gasteiger partial charge in [0.2, 0.25) is 0 Å². The number of anilines is 1. The van der Waals surface area contributed by atoms with Crippen LogP contribution in [0.4, 0.5) is 18.9 Å². The summed E-state index contributed by atoms with van der Waals surface area (Å²) in [5.41, 5.74) is 0.265. The van der Waals surface area contributed by atoms with Gasteiger partial charge in [-0.3, -0.25) is 0 Å². The lowest BCUT2D eigenvalue weighted by Gasteiger charge is -2.33. The summed E-state index contributed by atoms with van der Waals surface area (Å²) in [6.07, 6.45) is 0.622. The van der Waals surface area contributed by atoms with E-state index in [0.29, 0.717) is 17.8 Å². The van der Waals surface area contributed by atoms with Crippen LogP contribution in [0, 0.1) is 0 Å². The normalized spacial score (nSPS) is 20.4. The average molecular weight is 320 g/mol. The lowest BCUT2D eigenvalue weighted by atomic mass is 10.0. The Kier molecular flexibility index (Phi) is 5.42. The molecule has 0 aliphatic carbocycles. The van der Waals surface area contributed by atoms with Crippen LogP contribution in [0.25, 0.3) is 0 Å². The number of halogens is 4. The van der Waals surface area contributed by atoms with Gasteiger partial charge in [-0.25, -0.2) is 0 Å². The van der Waals surface area contributed by atoms with E-state index in [0.717, 1.165) is 32.1 Å². The van der Waals surface area contributed by atoms with Gasteiger partial charge in [-0.15, -0.1) is 11.6 Å². The van der Waals surface area contributed by atoms with Gasteiger partial charge in [0.1, 0.15) is 0 Å². The third-order valence-corrected chi connectivity index (χ3v) is 4.49. The largest absolute Gasteiger partial charge is 0.418 e. The Morgan fingerprint density at radius 1 is 1.24 bits per heavy atom. The molecule has 1 heterocycles. The molecule has 0 saturated carbocycles. The number of benzene rings is 1. The third kappa shape index (κ3) is 3.85. The van der Waals surface area contributed by atoms with E-state index < -0.39 is 11.7 Å². The second-order valence-electron chi connectivity index (χ2n) is 5.59. The Hall–Kier alpha value is -0.900. The molecule has 118 valence electrons. The summed E-state index contributed by atoms with van der Waals surface area (Å²) in [6.45, 7) is 2.74. The minimum absolute atomic E-state index is 0.0978. The Morgan fingerprint density at radius 2 is 2.00 bits per heavy atom. The monoisotopic (exact) mass is 319 g/mol. The van der Waals surface area contributed by atoms with Gasteiger partial charge in [-0.2, -0.15) is 13.2 Å². The summed E-state index contributed by atoms with van der Waals surface area (Å²) < 4.78 is 40.1. The minimum atomic E-state index is -4.35. The maximum absolute atomic E-state index is 13.4. The third-order valence-electron chi connectivity index (χ3n) is 4.18. The molecule has 2 rings (SSSR count). The van der Waals surface area contributed by atoms with Crippen molar-refractivity contribution in [1.29, 1.82) is 0 Å². The fourth-order valence-electron chi connectivity index (χ4n) is 3.06. The van der Waals surface area contributed by atoms with Crippen molar-refractivity contribution in [1.82, 2.24) is 0 Å². The van der Waals surface area contributed by atoms with Crippen LogP contribution in [-0.4, -0.2) is 12.6 Å². The fourth-order valence-corrected chi connectivity index (χ4v) is 3.23. The van der Waals surface area contributed by atoms with Gasteiger partial charge >= 0.3 is 6.18 Å². The second-order valence-corrected chi connectivity index (χ2v) is 5.85. The molecule has 1 aromatic carbocycles. The van der Waals surface area contributed by atoms with E-state index in [2.05, 4.69) is 0 Å². The molecule has 1 aliphatic heterocycles. The molecule has 0 bridgehead atoms. The molecule has 21 heavy (non-hydrogen) atoms. The van der Waals surface area contributed by atoms with E-state index >= 15 is 0 Å². The summed E-state index contributed by atoms with van der Waals surface area (Å²) in [6, 6.07) is 4.68. The van der Waals surface area contributed by atoms with Crippen molar-refractivity contribution in [3.63, 3.8) is 0 Å². The fraction of sp³-hybridized carbons (Fsp3) is 0.625. The van der Waals surface area contributed by atoms with Gasteiger partial charge in [0, 0.05) is 24.2 Å². The molecule has 0 radical (unpaired) electrons. The molecule has 0 N–H and O–H groups in total. The predicted molar refractivity (Wildman–Crippen MR) is 80.9 cm³/mol. The molecule has 1 fully saturated rings. The van der Waals surface area contributed by atoms with Crippen LogP contribution in [0.2, 0.25) is 0 Å². The Balaban J connectivity index is 2.45. The van der Waals surface area contributed by atoms with Crippen LogP contribution in [0.1, 0.15) is 50.2 Å². The summed E-state index contributed by atoms with van der Waals surface area (Å²) >= 11 is 5.69. The van der Waals surface area contributed by atoms with Crippen molar-refractivity contribution in [2.75, 3.05) is 11.4 Å². The summed E-state index contributed by atoms with van der Waals surface area (Å²) in [5.74, 6) is 0.0978. The predicted octanol–water partition coefficient (Wildman–Crippen LogP) is 5.60. The molecule has 0 amide bonds. The van der Waals surface area contributed by atoms with E-state index in [4.69, 9.17) is 11.6 Å². The first-order chi connectivity index (χ1) is 9.97. The molecule has 0 spiro atoms. The van der Waals surface area contributed by atoms with E-state index in [-0.39, 0.29) is 11.9 Å². The van der Waals surface area contributed by atoms with Gasteiger partial charge in [0.05, 0.1) is 5.56 Å². The van der Waals surface area contributed by atoms with Crippen molar-refractivity contribution in [2.45, 2.75) is 57.1 Å². The Bertz CT molecular complexity index is 473. The lowest BCUT2D eigenvalue weighted by molar-refractivity contribution is -0.137. The van der Waals surface area contributed by atoms with Crippen LogP contribution in [0.3, 0.4) is 0 Å². The van der Waals surface area contributed by atoms with E-state index in [1.54, 1.807) is 12.1 Å². The highest BCUT2D eigenvalue weighted by Gasteiger charge is 2.36. The van der Waals surface area contributed by atoms with E-state index in [1.165, 1.54) is 6.07 Å². The van der Waals surface area contributed by atoms with Gasteiger partial charge in [0.15, 0.2) is 0 Å². The molecule has 1 saturated heterocycles. The number of hydrogen-bond donors (Lipinski definition) is 0. The molecule has 1 aromatic rings. The van der Waals surface area contributed by atoms with Gasteiger partial charge in [0.25, 0.3) is 0 Å². The van der Waals surface area contributed by atoms with Crippen molar-refractivity contribution in [3.8, 4) is 0 Å². The van der Waals surface area contributed by atoms with Crippen LogP contribution in [-0.2, 0) is 12.1 Å². The SMILES string of the molecule is CCC1CCCCCN1c1ccc(CCl)cc1C(F)(F)F. The van der Waals surface area contributed by atoms with Crippen LogP contribution >= 0.6 is 11.6 Å². The quantitative estimate of drug-likeness (QED) is 0.655. The zero-order valence-corrected chi connectivity index (χ0v) is 13.0. The lowest BCUT2D eigenvalue weighted by Crippen LogP contribution is -2.35. The summed E-state index contributed by atoms with van der Waals surface area (Å²) in [7, 11) is 0. The first-order valence-corrected chi connectivity index (χ1v) is 8.03. The molecular weight excluding hydrogens is 299 g/mol. The minimum Gasteiger partial charge on any atom is -0.368 e. The molecule has 1 aliphatic rings. The van der Waals surface area contributed by atoms with Crippen LogP contribution < -0.4 is 4.90 Å². The van der Waals surface area contributed by atoms with Gasteiger partial charge < -0.3 is 4.90 Å². The van der Waals surface area contributed by atoms with Gasteiger partial charge in [-0.1, -0.05) is 25.8 Å². The zero-order valence-electron chi connectivity index (χ0n) is 12.2. The topological polar surface area (TPSA) is 3.24 Å². The first-order valence-electron chi connectivity index (χ1n) is 7.50. The molecular formula is C16H21ClF3N. The van der Waals surface area contributed by atoms with Crippen molar-refractivity contribution >= 4 is 17.3 Å². The van der Waals surface area contributed by atoms with Crippen molar-refractivity contribution < 1.29 is 13.2 Å². The smallest absolute Gasteiger partial charge is 0.368 e. The Labute approximate surface area is 129 Å². The maximum atomic E-state index is 13.4.